The Morgan fingerprint density at radius 2 is 1.78 bits per heavy atom. The fraction of sp³-hybridized carbons (Fsp3) is 0.323. The van der Waals surface area contributed by atoms with E-state index in [0.29, 0.717) is 24.6 Å². The molecule has 188 valence electrons. The number of nitriles is 1. The molecule has 1 aliphatic rings. The van der Waals surface area contributed by atoms with E-state index in [4.69, 9.17) is 9.72 Å². The molecule has 2 aromatic heterocycles. The quantitative estimate of drug-likeness (QED) is 0.314. The Labute approximate surface area is 218 Å². The van der Waals surface area contributed by atoms with Crippen LogP contribution in [-0.2, 0) is 11.3 Å². The van der Waals surface area contributed by atoms with Crippen LogP contribution in [0.5, 0.6) is 0 Å². The highest BCUT2D eigenvalue weighted by molar-refractivity contribution is 5.90. The number of benzene rings is 2. The Hall–Kier alpha value is -4.11. The molecule has 5 rings (SSSR count). The Morgan fingerprint density at radius 3 is 2.46 bits per heavy atom. The van der Waals surface area contributed by atoms with E-state index in [0.717, 1.165) is 46.4 Å². The summed E-state index contributed by atoms with van der Waals surface area (Å²) in [4.78, 5) is 19.4. The molecular weight excluding hydrogens is 460 g/mol. The summed E-state index contributed by atoms with van der Waals surface area (Å²) in [5.74, 6) is 0.346. The maximum atomic E-state index is 12.5. The number of aryl methyl sites for hydroxylation is 1. The third-order valence-corrected chi connectivity index (χ3v) is 6.80. The number of amides is 1. The van der Waals surface area contributed by atoms with Gasteiger partial charge in [0.2, 0.25) is 0 Å². The largest absolute Gasteiger partial charge is 0.444 e. The van der Waals surface area contributed by atoms with Crippen molar-refractivity contribution < 1.29 is 9.53 Å². The van der Waals surface area contributed by atoms with Gasteiger partial charge in [0.1, 0.15) is 5.60 Å². The lowest BCUT2D eigenvalue weighted by atomic mass is 9.97. The van der Waals surface area contributed by atoms with Crippen molar-refractivity contribution in [1.82, 2.24) is 14.5 Å². The Balaban J connectivity index is 1.48. The van der Waals surface area contributed by atoms with Gasteiger partial charge in [-0.1, -0.05) is 42.0 Å². The van der Waals surface area contributed by atoms with E-state index in [-0.39, 0.29) is 6.09 Å². The third kappa shape index (κ3) is 5.36. The van der Waals surface area contributed by atoms with Gasteiger partial charge in [-0.05, 0) is 69.9 Å². The second kappa shape index (κ2) is 9.74. The number of carbonyl (C=O) groups is 1. The molecule has 2 aromatic carbocycles. The molecule has 0 aliphatic carbocycles. The molecule has 0 saturated carbocycles. The Bertz CT molecular complexity index is 1470. The van der Waals surface area contributed by atoms with Crippen molar-refractivity contribution in [1.29, 1.82) is 5.26 Å². The predicted octanol–water partition coefficient (Wildman–Crippen LogP) is 6.81. The zero-order valence-corrected chi connectivity index (χ0v) is 21.9. The van der Waals surface area contributed by atoms with Crippen molar-refractivity contribution in [3.05, 3.63) is 78.0 Å². The van der Waals surface area contributed by atoms with Gasteiger partial charge in [-0.3, -0.25) is 0 Å². The molecule has 0 unspecified atom stereocenters. The minimum Gasteiger partial charge on any atom is -0.444 e. The van der Waals surface area contributed by atoms with E-state index in [1.807, 2.05) is 49.9 Å². The number of likely N-dealkylation sites (tertiary alicyclic amines) is 1. The molecule has 1 fully saturated rings. The van der Waals surface area contributed by atoms with Crippen LogP contribution < -0.4 is 0 Å². The molecule has 3 heterocycles. The van der Waals surface area contributed by atoms with Crippen LogP contribution in [0, 0.1) is 24.2 Å². The molecule has 0 bridgehead atoms. The average Bonchev–Trinajstić information content (AvgIpc) is 3.50. The minimum absolute atomic E-state index is 0.236. The number of pyridine rings is 1. The van der Waals surface area contributed by atoms with Gasteiger partial charge in [0, 0.05) is 37.0 Å². The molecule has 37 heavy (non-hydrogen) atoms. The molecule has 0 spiro atoms. The van der Waals surface area contributed by atoms with E-state index in [9.17, 15) is 10.1 Å². The van der Waals surface area contributed by atoms with Crippen LogP contribution in [0.15, 0.2) is 66.9 Å². The van der Waals surface area contributed by atoms with Gasteiger partial charge < -0.3 is 14.2 Å². The number of rotatable bonds is 4. The molecule has 1 aliphatic heterocycles. The predicted molar refractivity (Wildman–Crippen MR) is 146 cm³/mol. The summed E-state index contributed by atoms with van der Waals surface area (Å²) in [7, 11) is 0. The Kier molecular flexibility index (Phi) is 6.47. The molecule has 6 nitrogen and oxygen atoms in total. The fourth-order valence-electron chi connectivity index (χ4n) is 4.90. The number of aromatic nitrogens is 2. The van der Waals surface area contributed by atoms with Crippen LogP contribution in [0.25, 0.3) is 33.4 Å². The highest BCUT2D eigenvalue weighted by atomic mass is 16.6. The Morgan fingerprint density at radius 1 is 1.08 bits per heavy atom. The number of fused-ring (bicyclic) bond motifs is 1. The van der Waals surface area contributed by atoms with Gasteiger partial charge in [-0.2, -0.15) is 5.26 Å². The van der Waals surface area contributed by atoms with Gasteiger partial charge in [0.05, 0.1) is 28.4 Å². The van der Waals surface area contributed by atoms with Crippen LogP contribution in [0.4, 0.5) is 4.79 Å². The molecule has 1 amide bonds. The van der Waals surface area contributed by atoms with Crippen molar-refractivity contribution in [3.8, 4) is 28.5 Å². The lowest BCUT2D eigenvalue weighted by Crippen LogP contribution is -2.35. The zero-order chi connectivity index (χ0) is 26.2. The highest BCUT2D eigenvalue weighted by Crippen LogP contribution is 2.34. The van der Waals surface area contributed by atoms with E-state index in [1.165, 1.54) is 5.56 Å². The number of carbonyl (C=O) groups excluding carboxylic acids is 1. The topological polar surface area (TPSA) is 71.2 Å². The first-order chi connectivity index (χ1) is 17.7. The van der Waals surface area contributed by atoms with E-state index in [2.05, 4.69) is 60.2 Å². The van der Waals surface area contributed by atoms with Gasteiger partial charge in [-0.15, -0.1) is 0 Å². The molecule has 1 saturated heterocycles. The summed E-state index contributed by atoms with van der Waals surface area (Å²) >= 11 is 0. The fourth-order valence-corrected chi connectivity index (χ4v) is 4.90. The first-order valence-corrected chi connectivity index (χ1v) is 12.8. The second-order valence-electron chi connectivity index (χ2n) is 10.9. The minimum atomic E-state index is -0.492. The zero-order valence-electron chi connectivity index (χ0n) is 21.9. The summed E-state index contributed by atoms with van der Waals surface area (Å²) in [6, 6.07) is 22.6. The molecule has 6 heteroatoms. The van der Waals surface area contributed by atoms with Crippen LogP contribution >= 0.6 is 0 Å². The lowest BCUT2D eigenvalue weighted by Gasteiger charge is -2.24. The van der Waals surface area contributed by atoms with Crippen LogP contribution in [0.3, 0.4) is 0 Å². The molecule has 4 aromatic rings. The number of hydrogen-bond donors (Lipinski definition) is 0. The van der Waals surface area contributed by atoms with Crippen molar-refractivity contribution in [2.75, 3.05) is 13.1 Å². The first kappa shape index (κ1) is 24.6. The maximum absolute atomic E-state index is 12.5. The second-order valence-corrected chi connectivity index (χ2v) is 10.9. The van der Waals surface area contributed by atoms with Crippen LogP contribution in [-0.4, -0.2) is 39.2 Å². The van der Waals surface area contributed by atoms with Crippen molar-refractivity contribution in [3.63, 3.8) is 0 Å². The van der Waals surface area contributed by atoms with Gasteiger partial charge in [-0.25, -0.2) is 9.78 Å². The third-order valence-electron chi connectivity index (χ3n) is 6.80. The summed E-state index contributed by atoms with van der Waals surface area (Å²) in [5, 5.41) is 9.25. The van der Waals surface area contributed by atoms with E-state index < -0.39 is 5.60 Å². The number of nitrogens with zero attached hydrogens (tertiary/aromatic N) is 4. The molecule has 1 atom stereocenters. The van der Waals surface area contributed by atoms with E-state index in [1.54, 1.807) is 0 Å². The SMILES string of the molecule is Cc1ccc(-c2nc3ccn(C[C@H]4CCN(C(=O)OC(C)(C)C)C4)c3cc2-c2ccc(C#N)cc2)cc1. The summed E-state index contributed by atoms with van der Waals surface area (Å²) in [6.45, 7) is 9.97. The summed E-state index contributed by atoms with van der Waals surface area (Å²) < 4.78 is 7.82. The molecular formula is C31H32N4O2. The van der Waals surface area contributed by atoms with Crippen LogP contribution in [0.2, 0.25) is 0 Å². The normalized spacial score (nSPS) is 15.6. The van der Waals surface area contributed by atoms with Crippen molar-refractivity contribution in [2.24, 2.45) is 5.92 Å². The standard InChI is InChI=1S/C31H32N4O2/c1-21-5-9-25(10-6-21)29-26(24-11-7-22(18-32)8-12-24)17-28-27(33-29)14-16-34(28)19-23-13-15-35(20-23)30(36)37-31(2,3)4/h5-12,14,16-17,23H,13,15,19-20H2,1-4H3/t23-/m1/s1. The summed E-state index contributed by atoms with van der Waals surface area (Å²) in [6.07, 6.45) is 2.80. The van der Waals surface area contributed by atoms with Gasteiger partial charge >= 0.3 is 6.09 Å². The maximum Gasteiger partial charge on any atom is 0.410 e. The van der Waals surface area contributed by atoms with Gasteiger partial charge in [0.15, 0.2) is 0 Å². The highest BCUT2D eigenvalue weighted by Gasteiger charge is 2.30. The molecule has 0 radical (unpaired) electrons. The number of ether oxygens (including phenoxy) is 1. The average molecular weight is 493 g/mol. The van der Waals surface area contributed by atoms with E-state index >= 15 is 0 Å². The van der Waals surface area contributed by atoms with Gasteiger partial charge in [0.25, 0.3) is 0 Å². The lowest BCUT2D eigenvalue weighted by molar-refractivity contribution is 0.0287. The smallest absolute Gasteiger partial charge is 0.410 e. The van der Waals surface area contributed by atoms with Crippen molar-refractivity contribution >= 4 is 17.1 Å². The van der Waals surface area contributed by atoms with Crippen LogP contribution in [0.1, 0.15) is 38.3 Å². The summed E-state index contributed by atoms with van der Waals surface area (Å²) in [5.41, 5.74) is 7.38. The molecule has 0 N–H and O–H groups in total. The first-order valence-electron chi connectivity index (χ1n) is 12.8. The van der Waals surface area contributed by atoms with Crippen molar-refractivity contribution in [2.45, 2.75) is 46.3 Å². The monoisotopic (exact) mass is 492 g/mol. The number of hydrogen-bond acceptors (Lipinski definition) is 4.